The maximum absolute atomic E-state index is 13.4. The Morgan fingerprint density at radius 2 is 1.95 bits per heavy atom. The molecular formula is C15H14F2N2OS. The second kappa shape index (κ2) is 7.08. The van der Waals surface area contributed by atoms with E-state index in [9.17, 15) is 13.6 Å². The van der Waals surface area contributed by atoms with E-state index < -0.39 is 11.6 Å². The number of nitrogen functional groups attached to an aromatic ring is 1. The molecular weight excluding hydrogens is 294 g/mol. The molecule has 0 bridgehead atoms. The van der Waals surface area contributed by atoms with Crippen LogP contribution in [-0.4, -0.2) is 11.7 Å². The quantitative estimate of drug-likeness (QED) is 0.654. The molecule has 0 aromatic heterocycles. The van der Waals surface area contributed by atoms with Crippen molar-refractivity contribution in [2.75, 3.05) is 16.8 Å². The van der Waals surface area contributed by atoms with Crippen LogP contribution in [0.1, 0.15) is 6.42 Å². The van der Waals surface area contributed by atoms with Crippen LogP contribution in [0.2, 0.25) is 0 Å². The van der Waals surface area contributed by atoms with Gasteiger partial charge in [0.15, 0.2) is 0 Å². The van der Waals surface area contributed by atoms with Gasteiger partial charge in [0.05, 0.1) is 5.69 Å². The van der Waals surface area contributed by atoms with Gasteiger partial charge < -0.3 is 11.1 Å². The van der Waals surface area contributed by atoms with E-state index in [0.717, 1.165) is 4.90 Å². The number of nitrogens with one attached hydrogen (secondary N) is 1. The van der Waals surface area contributed by atoms with Gasteiger partial charge in [-0.15, -0.1) is 11.8 Å². The Balaban J connectivity index is 1.83. The summed E-state index contributed by atoms with van der Waals surface area (Å²) in [5.74, 6) is -0.681. The molecule has 2 rings (SSSR count). The largest absolute Gasteiger partial charge is 0.398 e. The Kier molecular flexibility index (Phi) is 5.16. The summed E-state index contributed by atoms with van der Waals surface area (Å²) in [6.07, 6.45) is 0.204. The number of rotatable bonds is 5. The van der Waals surface area contributed by atoms with Crippen LogP contribution in [-0.2, 0) is 4.79 Å². The average Bonchev–Trinajstić information content (AvgIpc) is 2.44. The molecule has 0 spiro atoms. The van der Waals surface area contributed by atoms with Crippen molar-refractivity contribution in [3.63, 3.8) is 0 Å². The smallest absolute Gasteiger partial charge is 0.225 e. The van der Waals surface area contributed by atoms with Gasteiger partial charge in [0.25, 0.3) is 0 Å². The fourth-order valence-electron chi connectivity index (χ4n) is 1.68. The lowest BCUT2D eigenvalue weighted by molar-refractivity contribution is -0.115. The predicted molar refractivity (Wildman–Crippen MR) is 81.2 cm³/mol. The Labute approximate surface area is 125 Å². The third kappa shape index (κ3) is 4.46. The van der Waals surface area contributed by atoms with Crippen molar-refractivity contribution < 1.29 is 13.6 Å². The van der Waals surface area contributed by atoms with Crippen molar-refractivity contribution in [1.82, 2.24) is 0 Å². The van der Waals surface area contributed by atoms with Crippen molar-refractivity contribution in [1.29, 1.82) is 0 Å². The number of benzene rings is 2. The average molecular weight is 308 g/mol. The summed E-state index contributed by atoms with van der Waals surface area (Å²) in [6.45, 7) is 0. The third-order valence-electron chi connectivity index (χ3n) is 2.71. The van der Waals surface area contributed by atoms with Crippen LogP contribution in [0.25, 0.3) is 0 Å². The number of anilines is 2. The molecule has 2 aromatic carbocycles. The number of halogens is 2. The topological polar surface area (TPSA) is 55.1 Å². The molecule has 2 aromatic rings. The number of carbonyl (C=O) groups is 1. The number of nitrogens with two attached hydrogens (primary N) is 1. The molecule has 110 valence electrons. The first-order chi connectivity index (χ1) is 10.1. The molecule has 6 heteroatoms. The molecule has 0 fully saturated rings. The minimum absolute atomic E-state index is 0.161. The summed E-state index contributed by atoms with van der Waals surface area (Å²) in [4.78, 5) is 12.4. The minimum Gasteiger partial charge on any atom is -0.398 e. The lowest BCUT2D eigenvalue weighted by atomic mass is 10.3. The maximum Gasteiger partial charge on any atom is 0.225 e. The van der Waals surface area contributed by atoms with Crippen LogP contribution in [0.3, 0.4) is 0 Å². The molecule has 0 aliphatic carbocycles. The second-order valence-electron chi connectivity index (χ2n) is 4.31. The Morgan fingerprint density at radius 3 is 2.67 bits per heavy atom. The standard InChI is InChI=1S/C15H14F2N2OS/c16-10-5-6-14(12(18)9-10)21-8-7-15(20)19-13-4-2-1-3-11(13)17/h1-6,9H,7-8,18H2,(H,19,20). The van der Waals surface area contributed by atoms with E-state index >= 15 is 0 Å². The summed E-state index contributed by atoms with van der Waals surface area (Å²) in [6, 6.07) is 10.1. The van der Waals surface area contributed by atoms with E-state index in [1.165, 1.54) is 36.0 Å². The highest BCUT2D eigenvalue weighted by atomic mass is 32.2. The van der Waals surface area contributed by atoms with Gasteiger partial charge in [-0.05, 0) is 30.3 Å². The predicted octanol–water partition coefficient (Wildman–Crippen LogP) is 3.67. The molecule has 1 amide bonds. The number of hydrogen-bond donors (Lipinski definition) is 2. The highest BCUT2D eigenvalue weighted by Crippen LogP contribution is 2.26. The lowest BCUT2D eigenvalue weighted by Crippen LogP contribution is -2.13. The van der Waals surface area contributed by atoms with Gasteiger partial charge in [-0.25, -0.2) is 8.78 Å². The van der Waals surface area contributed by atoms with Gasteiger partial charge in [-0.2, -0.15) is 0 Å². The molecule has 0 aliphatic rings. The second-order valence-corrected chi connectivity index (χ2v) is 5.45. The van der Waals surface area contributed by atoms with E-state index in [4.69, 9.17) is 5.73 Å². The molecule has 0 saturated carbocycles. The van der Waals surface area contributed by atoms with Gasteiger partial charge in [0.1, 0.15) is 11.6 Å². The van der Waals surface area contributed by atoms with Gasteiger partial charge in [0, 0.05) is 22.8 Å². The lowest BCUT2D eigenvalue weighted by Gasteiger charge is -2.07. The van der Waals surface area contributed by atoms with Crippen LogP contribution >= 0.6 is 11.8 Å². The first-order valence-electron chi connectivity index (χ1n) is 6.28. The van der Waals surface area contributed by atoms with Crippen LogP contribution in [0.4, 0.5) is 20.2 Å². The van der Waals surface area contributed by atoms with Crippen molar-refractivity contribution in [2.45, 2.75) is 11.3 Å². The van der Waals surface area contributed by atoms with Crippen molar-refractivity contribution in [3.05, 3.63) is 54.1 Å². The zero-order valence-corrected chi connectivity index (χ0v) is 11.9. The first-order valence-corrected chi connectivity index (χ1v) is 7.27. The maximum atomic E-state index is 13.4. The zero-order valence-electron chi connectivity index (χ0n) is 11.1. The first kappa shape index (κ1) is 15.3. The van der Waals surface area contributed by atoms with Crippen LogP contribution in [0.15, 0.2) is 47.4 Å². The fourth-order valence-corrected chi connectivity index (χ4v) is 2.58. The normalized spacial score (nSPS) is 10.4. The Morgan fingerprint density at radius 1 is 1.19 bits per heavy atom. The molecule has 0 unspecified atom stereocenters. The van der Waals surface area contributed by atoms with Gasteiger partial charge in [0.2, 0.25) is 5.91 Å². The fraction of sp³-hybridized carbons (Fsp3) is 0.133. The highest BCUT2D eigenvalue weighted by molar-refractivity contribution is 7.99. The summed E-state index contributed by atoms with van der Waals surface area (Å²) < 4.78 is 26.2. The number of carbonyl (C=O) groups excluding carboxylic acids is 1. The summed E-state index contributed by atoms with van der Waals surface area (Å²) in [5, 5.41) is 2.50. The molecule has 0 aliphatic heterocycles. The van der Waals surface area contributed by atoms with Gasteiger partial charge in [-0.3, -0.25) is 4.79 Å². The van der Waals surface area contributed by atoms with E-state index in [0.29, 0.717) is 11.4 Å². The monoisotopic (exact) mass is 308 g/mol. The summed E-state index contributed by atoms with van der Waals surface area (Å²) in [7, 11) is 0. The van der Waals surface area contributed by atoms with E-state index in [1.807, 2.05) is 0 Å². The van der Waals surface area contributed by atoms with Crippen molar-refractivity contribution in [3.8, 4) is 0 Å². The molecule has 3 N–H and O–H groups in total. The van der Waals surface area contributed by atoms with Gasteiger partial charge >= 0.3 is 0 Å². The summed E-state index contributed by atoms with van der Waals surface area (Å²) >= 11 is 1.35. The number of hydrogen-bond acceptors (Lipinski definition) is 3. The third-order valence-corrected chi connectivity index (χ3v) is 3.80. The molecule has 21 heavy (non-hydrogen) atoms. The Bertz CT molecular complexity index is 649. The molecule has 0 heterocycles. The van der Waals surface area contributed by atoms with E-state index in [1.54, 1.807) is 18.2 Å². The van der Waals surface area contributed by atoms with E-state index in [-0.39, 0.29) is 18.0 Å². The van der Waals surface area contributed by atoms with Crippen LogP contribution in [0, 0.1) is 11.6 Å². The van der Waals surface area contributed by atoms with Gasteiger partial charge in [-0.1, -0.05) is 12.1 Å². The molecule has 0 atom stereocenters. The summed E-state index contributed by atoms with van der Waals surface area (Å²) in [5.41, 5.74) is 6.17. The van der Waals surface area contributed by atoms with Crippen LogP contribution in [0.5, 0.6) is 0 Å². The Hall–Kier alpha value is -2.08. The number of amides is 1. The molecule has 0 saturated heterocycles. The van der Waals surface area contributed by atoms with Crippen molar-refractivity contribution in [2.24, 2.45) is 0 Å². The molecule has 3 nitrogen and oxygen atoms in total. The van der Waals surface area contributed by atoms with E-state index in [2.05, 4.69) is 5.32 Å². The number of para-hydroxylation sites is 1. The zero-order chi connectivity index (χ0) is 15.2. The van der Waals surface area contributed by atoms with Crippen LogP contribution < -0.4 is 11.1 Å². The van der Waals surface area contributed by atoms with Crippen molar-refractivity contribution >= 4 is 29.0 Å². The SMILES string of the molecule is Nc1cc(F)ccc1SCCC(=O)Nc1ccccc1F. The highest BCUT2D eigenvalue weighted by Gasteiger charge is 2.07. The number of thioether (sulfide) groups is 1. The molecule has 0 radical (unpaired) electrons. The minimum atomic E-state index is -0.471.